The lowest BCUT2D eigenvalue weighted by Gasteiger charge is -2.27. The highest BCUT2D eigenvalue weighted by atomic mass is 16.5. The van der Waals surface area contributed by atoms with Gasteiger partial charge in [-0.1, -0.05) is 18.2 Å². The summed E-state index contributed by atoms with van der Waals surface area (Å²) < 4.78 is 5.27. The van der Waals surface area contributed by atoms with E-state index >= 15 is 0 Å². The standard InChI is InChI=1S/C21H21N5O4/c27-20(28)17-6-2-5-16-18(17)23-13-24-19(16)22-12-14-3-1-4-15(11-14)25-21(29)26-7-9-30-10-8-26/h1-6,11,13H,7-10,12H2,(H,25,29)(H,27,28)(H,22,23,24). The molecule has 2 heterocycles. The molecule has 9 nitrogen and oxygen atoms in total. The van der Waals surface area contributed by atoms with Gasteiger partial charge in [0.15, 0.2) is 0 Å². The molecule has 0 spiro atoms. The van der Waals surface area contributed by atoms with Crippen molar-refractivity contribution in [1.29, 1.82) is 0 Å². The van der Waals surface area contributed by atoms with Crippen molar-refractivity contribution in [2.24, 2.45) is 0 Å². The highest BCUT2D eigenvalue weighted by molar-refractivity contribution is 6.04. The van der Waals surface area contributed by atoms with Crippen molar-refractivity contribution in [2.45, 2.75) is 6.54 Å². The summed E-state index contributed by atoms with van der Waals surface area (Å²) in [7, 11) is 0. The maximum Gasteiger partial charge on any atom is 0.337 e. The van der Waals surface area contributed by atoms with Crippen molar-refractivity contribution in [3.05, 3.63) is 59.9 Å². The lowest BCUT2D eigenvalue weighted by Crippen LogP contribution is -2.43. The number of hydrogen-bond donors (Lipinski definition) is 3. The molecule has 1 saturated heterocycles. The van der Waals surface area contributed by atoms with E-state index in [1.807, 2.05) is 24.3 Å². The quantitative estimate of drug-likeness (QED) is 0.595. The number of ether oxygens (including phenoxy) is 1. The van der Waals surface area contributed by atoms with Gasteiger partial charge in [0.25, 0.3) is 0 Å². The van der Waals surface area contributed by atoms with Gasteiger partial charge in [-0.05, 0) is 29.8 Å². The first-order chi connectivity index (χ1) is 14.6. The third-order valence-electron chi connectivity index (χ3n) is 4.83. The average Bonchev–Trinajstić information content (AvgIpc) is 2.78. The summed E-state index contributed by atoms with van der Waals surface area (Å²) in [5.74, 6) is -0.486. The molecule has 1 fully saturated rings. The van der Waals surface area contributed by atoms with Crippen molar-refractivity contribution in [3.8, 4) is 0 Å². The van der Waals surface area contributed by atoms with Crippen LogP contribution in [0.5, 0.6) is 0 Å². The molecule has 1 aliphatic heterocycles. The van der Waals surface area contributed by atoms with Crippen LogP contribution in [0.2, 0.25) is 0 Å². The van der Waals surface area contributed by atoms with Crippen LogP contribution in [0.25, 0.3) is 10.9 Å². The summed E-state index contributed by atoms with van der Waals surface area (Å²) in [6, 6.07) is 12.3. The zero-order chi connectivity index (χ0) is 20.9. The fourth-order valence-electron chi connectivity index (χ4n) is 3.31. The minimum atomic E-state index is -1.03. The van der Waals surface area contributed by atoms with Crippen LogP contribution in [-0.4, -0.2) is 58.3 Å². The third-order valence-corrected chi connectivity index (χ3v) is 4.83. The molecule has 0 aliphatic carbocycles. The number of aromatic nitrogens is 2. The molecule has 154 valence electrons. The number of carboxylic acids is 1. The number of morpholine rings is 1. The van der Waals surface area contributed by atoms with E-state index in [0.717, 1.165) is 5.56 Å². The molecule has 0 saturated carbocycles. The number of aromatic carboxylic acids is 1. The van der Waals surface area contributed by atoms with Gasteiger partial charge in [-0.3, -0.25) is 0 Å². The average molecular weight is 407 g/mol. The van der Waals surface area contributed by atoms with Crippen molar-refractivity contribution < 1.29 is 19.4 Å². The van der Waals surface area contributed by atoms with E-state index in [0.29, 0.717) is 55.3 Å². The SMILES string of the molecule is O=C(O)c1cccc2c(NCc3cccc(NC(=O)N4CCOCC4)c3)ncnc12. The number of carboxylic acid groups (broad SMARTS) is 1. The van der Waals surface area contributed by atoms with Crippen molar-refractivity contribution in [3.63, 3.8) is 0 Å². The molecule has 1 aromatic heterocycles. The number of rotatable bonds is 5. The van der Waals surface area contributed by atoms with Crippen molar-refractivity contribution >= 4 is 34.4 Å². The summed E-state index contributed by atoms with van der Waals surface area (Å²) in [4.78, 5) is 33.9. The number of amides is 2. The number of nitrogens with zero attached hydrogens (tertiary/aromatic N) is 3. The van der Waals surface area contributed by atoms with Crippen LogP contribution in [0, 0.1) is 0 Å². The molecule has 1 aliphatic rings. The first kappa shape index (κ1) is 19.6. The van der Waals surface area contributed by atoms with E-state index in [9.17, 15) is 14.7 Å². The van der Waals surface area contributed by atoms with Crippen LogP contribution in [0.3, 0.4) is 0 Å². The Morgan fingerprint density at radius 2 is 1.90 bits per heavy atom. The van der Waals surface area contributed by atoms with Gasteiger partial charge >= 0.3 is 12.0 Å². The number of carbonyl (C=O) groups is 2. The monoisotopic (exact) mass is 407 g/mol. The molecule has 0 bridgehead atoms. The Morgan fingerprint density at radius 1 is 1.10 bits per heavy atom. The Labute approximate surface area is 172 Å². The van der Waals surface area contributed by atoms with Crippen LogP contribution >= 0.6 is 0 Å². The highest BCUT2D eigenvalue weighted by Gasteiger charge is 2.17. The number of hydrogen-bond acceptors (Lipinski definition) is 6. The van der Waals surface area contributed by atoms with Gasteiger partial charge in [0.05, 0.1) is 24.3 Å². The predicted octanol–water partition coefficient (Wildman–Crippen LogP) is 2.80. The van der Waals surface area contributed by atoms with Crippen LogP contribution in [0.4, 0.5) is 16.3 Å². The molecule has 0 atom stereocenters. The normalized spacial score (nSPS) is 13.8. The fourth-order valence-corrected chi connectivity index (χ4v) is 3.31. The lowest BCUT2D eigenvalue weighted by atomic mass is 10.1. The third kappa shape index (κ3) is 4.31. The van der Waals surface area contributed by atoms with Gasteiger partial charge < -0.3 is 25.4 Å². The molecule has 2 amide bonds. The first-order valence-corrected chi connectivity index (χ1v) is 9.55. The van der Waals surface area contributed by atoms with Crippen LogP contribution in [-0.2, 0) is 11.3 Å². The Bertz CT molecular complexity index is 1080. The Kier molecular flexibility index (Phi) is 5.71. The fraction of sp³-hybridized carbons (Fsp3) is 0.238. The minimum Gasteiger partial charge on any atom is -0.478 e. The highest BCUT2D eigenvalue weighted by Crippen LogP contribution is 2.23. The van der Waals surface area contributed by atoms with Crippen LogP contribution in [0.1, 0.15) is 15.9 Å². The molecule has 0 radical (unpaired) electrons. The van der Waals surface area contributed by atoms with Crippen LogP contribution in [0.15, 0.2) is 48.8 Å². The molecular formula is C21H21N5O4. The van der Waals surface area contributed by atoms with E-state index < -0.39 is 5.97 Å². The van der Waals surface area contributed by atoms with E-state index in [1.54, 1.807) is 17.0 Å². The smallest absolute Gasteiger partial charge is 0.337 e. The Hall–Kier alpha value is -3.72. The number of fused-ring (bicyclic) bond motifs is 1. The maximum absolute atomic E-state index is 12.4. The van der Waals surface area contributed by atoms with Gasteiger partial charge in [0.2, 0.25) is 0 Å². The van der Waals surface area contributed by atoms with Gasteiger partial charge in [-0.2, -0.15) is 0 Å². The number of anilines is 2. The number of nitrogens with one attached hydrogen (secondary N) is 2. The lowest BCUT2D eigenvalue weighted by molar-refractivity contribution is 0.0564. The molecule has 4 rings (SSSR count). The molecule has 3 N–H and O–H groups in total. The zero-order valence-electron chi connectivity index (χ0n) is 16.2. The second-order valence-electron chi connectivity index (χ2n) is 6.81. The molecule has 0 unspecified atom stereocenters. The summed E-state index contributed by atoms with van der Waals surface area (Å²) in [5, 5.41) is 16.1. The minimum absolute atomic E-state index is 0.130. The predicted molar refractivity (Wildman–Crippen MR) is 112 cm³/mol. The number of carbonyl (C=O) groups excluding carboxylic acids is 1. The summed E-state index contributed by atoms with van der Waals surface area (Å²) in [6.07, 6.45) is 1.34. The van der Waals surface area contributed by atoms with Gasteiger partial charge in [-0.25, -0.2) is 19.6 Å². The zero-order valence-corrected chi connectivity index (χ0v) is 16.2. The molecular weight excluding hydrogens is 386 g/mol. The van der Waals surface area contributed by atoms with Gasteiger partial charge in [0, 0.05) is 30.7 Å². The largest absolute Gasteiger partial charge is 0.478 e. The summed E-state index contributed by atoms with van der Waals surface area (Å²) >= 11 is 0. The van der Waals surface area contributed by atoms with E-state index in [-0.39, 0.29) is 11.6 Å². The van der Waals surface area contributed by atoms with Crippen molar-refractivity contribution in [1.82, 2.24) is 14.9 Å². The summed E-state index contributed by atoms with van der Waals surface area (Å²) in [5.41, 5.74) is 2.15. The number of urea groups is 1. The first-order valence-electron chi connectivity index (χ1n) is 9.55. The van der Waals surface area contributed by atoms with Gasteiger partial charge in [0.1, 0.15) is 12.1 Å². The van der Waals surface area contributed by atoms with E-state index in [1.165, 1.54) is 12.4 Å². The summed E-state index contributed by atoms with van der Waals surface area (Å²) in [6.45, 7) is 2.70. The number of benzene rings is 2. The molecule has 9 heteroatoms. The molecule has 2 aromatic carbocycles. The Balaban J connectivity index is 1.47. The second-order valence-corrected chi connectivity index (χ2v) is 6.81. The number of para-hydroxylation sites is 1. The Morgan fingerprint density at radius 3 is 2.70 bits per heavy atom. The topological polar surface area (TPSA) is 117 Å². The van der Waals surface area contributed by atoms with E-state index in [4.69, 9.17) is 4.74 Å². The van der Waals surface area contributed by atoms with Crippen LogP contribution < -0.4 is 10.6 Å². The second kappa shape index (κ2) is 8.75. The van der Waals surface area contributed by atoms with Crippen molar-refractivity contribution in [2.75, 3.05) is 36.9 Å². The molecule has 3 aromatic rings. The van der Waals surface area contributed by atoms with E-state index in [2.05, 4.69) is 20.6 Å². The van der Waals surface area contributed by atoms with Gasteiger partial charge in [-0.15, -0.1) is 0 Å². The maximum atomic E-state index is 12.4. The molecule has 30 heavy (non-hydrogen) atoms.